The number of aliphatic hydroxyl groups is 1. The highest BCUT2D eigenvalue weighted by molar-refractivity contribution is 5.75. The summed E-state index contributed by atoms with van der Waals surface area (Å²) in [5, 5.41) is 11.6. The Bertz CT molecular complexity index is 215. The molecule has 1 saturated heterocycles. The van der Waals surface area contributed by atoms with Gasteiger partial charge in [0.2, 0.25) is 5.91 Å². The standard InChI is InChI=1S/C13H26N2O2/c1-12(10-14-13(17)6-5-9-16)11-15-7-3-2-4-8-15/h12,16H,2-11H2,1H3,(H,14,17). The van der Waals surface area contributed by atoms with Crippen molar-refractivity contribution >= 4 is 5.91 Å². The molecule has 1 atom stereocenters. The summed E-state index contributed by atoms with van der Waals surface area (Å²) in [7, 11) is 0. The lowest BCUT2D eigenvalue weighted by Gasteiger charge is -2.29. The van der Waals surface area contributed by atoms with Gasteiger partial charge in [0, 0.05) is 26.1 Å². The second-order valence-electron chi connectivity index (χ2n) is 5.10. The van der Waals surface area contributed by atoms with E-state index in [-0.39, 0.29) is 12.5 Å². The molecule has 1 aliphatic heterocycles. The predicted octanol–water partition coefficient (Wildman–Crippen LogP) is 0.997. The predicted molar refractivity (Wildman–Crippen MR) is 68.8 cm³/mol. The smallest absolute Gasteiger partial charge is 0.220 e. The van der Waals surface area contributed by atoms with Crippen molar-refractivity contribution in [2.75, 3.05) is 32.8 Å². The zero-order chi connectivity index (χ0) is 12.5. The van der Waals surface area contributed by atoms with Crippen LogP contribution in [-0.2, 0) is 4.79 Å². The fraction of sp³-hybridized carbons (Fsp3) is 0.923. The number of nitrogens with one attached hydrogen (secondary N) is 1. The van der Waals surface area contributed by atoms with Gasteiger partial charge in [-0.25, -0.2) is 0 Å². The SMILES string of the molecule is CC(CNC(=O)CCCO)CN1CCCCC1. The minimum absolute atomic E-state index is 0.0598. The molecule has 17 heavy (non-hydrogen) atoms. The summed E-state index contributed by atoms with van der Waals surface area (Å²) in [6.07, 6.45) is 4.99. The van der Waals surface area contributed by atoms with Gasteiger partial charge in [0.1, 0.15) is 0 Å². The third kappa shape index (κ3) is 6.64. The van der Waals surface area contributed by atoms with Crippen molar-refractivity contribution in [1.29, 1.82) is 0 Å². The van der Waals surface area contributed by atoms with Crippen LogP contribution in [0.1, 0.15) is 39.0 Å². The molecule has 4 heteroatoms. The van der Waals surface area contributed by atoms with Crippen LogP contribution in [0.4, 0.5) is 0 Å². The molecule has 0 aliphatic carbocycles. The van der Waals surface area contributed by atoms with Crippen LogP contribution in [0, 0.1) is 5.92 Å². The number of carbonyl (C=O) groups is 1. The van der Waals surface area contributed by atoms with Crippen molar-refractivity contribution in [3.63, 3.8) is 0 Å². The average molecular weight is 242 g/mol. The van der Waals surface area contributed by atoms with Crippen LogP contribution in [-0.4, -0.2) is 48.7 Å². The molecule has 1 amide bonds. The van der Waals surface area contributed by atoms with E-state index in [1.165, 1.54) is 32.4 Å². The number of hydrogen-bond acceptors (Lipinski definition) is 3. The molecule has 1 aliphatic rings. The summed E-state index contributed by atoms with van der Waals surface area (Å²) in [6.45, 7) is 6.53. The number of carbonyl (C=O) groups excluding carboxylic acids is 1. The summed E-state index contributed by atoms with van der Waals surface area (Å²) < 4.78 is 0. The van der Waals surface area contributed by atoms with Crippen molar-refractivity contribution in [3.05, 3.63) is 0 Å². The number of nitrogens with zero attached hydrogens (tertiary/aromatic N) is 1. The molecule has 0 saturated carbocycles. The van der Waals surface area contributed by atoms with E-state index >= 15 is 0 Å². The zero-order valence-electron chi connectivity index (χ0n) is 11.0. The molecule has 1 fully saturated rings. The van der Waals surface area contributed by atoms with E-state index < -0.39 is 0 Å². The summed E-state index contributed by atoms with van der Waals surface area (Å²) in [4.78, 5) is 13.9. The Morgan fingerprint density at radius 3 is 2.71 bits per heavy atom. The van der Waals surface area contributed by atoms with Gasteiger partial charge in [-0.2, -0.15) is 0 Å². The summed E-state index contributed by atoms with van der Waals surface area (Å²) in [6, 6.07) is 0. The molecule has 0 aromatic carbocycles. The van der Waals surface area contributed by atoms with Crippen LogP contribution in [0.5, 0.6) is 0 Å². The molecule has 0 aromatic rings. The molecule has 0 spiro atoms. The van der Waals surface area contributed by atoms with Crippen molar-refractivity contribution in [2.24, 2.45) is 5.92 Å². The Kier molecular flexibility index (Phi) is 7.21. The van der Waals surface area contributed by atoms with E-state index in [1.807, 2.05) is 0 Å². The van der Waals surface area contributed by atoms with Crippen LogP contribution in [0.2, 0.25) is 0 Å². The van der Waals surface area contributed by atoms with Gasteiger partial charge in [-0.3, -0.25) is 4.79 Å². The first-order chi connectivity index (χ1) is 8.22. The van der Waals surface area contributed by atoms with Crippen molar-refractivity contribution in [2.45, 2.75) is 39.0 Å². The molecular weight excluding hydrogens is 216 g/mol. The minimum Gasteiger partial charge on any atom is -0.396 e. The second-order valence-corrected chi connectivity index (χ2v) is 5.10. The highest BCUT2D eigenvalue weighted by atomic mass is 16.3. The number of aliphatic hydroxyl groups excluding tert-OH is 1. The normalized spacial score (nSPS) is 18.9. The Balaban J connectivity index is 2.07. The van der Waals surface area contributed by atoms with Gasteiger partial charge in [0.15, 0.2) is 0 Å². The van der Waals surface area contributed by atoms with Gasteiger partial charge >= 0.3 is 0 Å². The largest absolute Gasteiger partial charge is 0.396 e. The number of piperidine rings is 1. The van der Waals surface area contributed by atoms with Gasteiger partial charge in [-0.05, 0) is 38.3 Å². The lowest BCUT2D eigenvalue weighted by atomic mass is 10.1. The quantitative estimate of drug-likeness (QED) is 0.700. The van der Waals surface area contributed by atoms with Crippen LogP contribution < -0.4 is 5.32 Å². The number of amides is 1. The van der Waals surface area contributed by atoms with Crippen LogP contribution in [0.15, 0.2) is 0 Å². The summed E-state index contributed by atoms with van der Waals surface area (Å²) in [5.74, 6) is 0.565. The highest BCUT2D eigenvalue weighted by Gasteiger charge is 2.13. The average Bonchev–Trinajstić information content (AvgIpc) is 2.35. The zero-order valence-corrected chi connectivity index (χ0v) is 11.0. The molecule has 4 nitrogen and oxygen atoms in total. The molecule has 100 valence electrons. The second kappa shape index (κ2) is 8.48. The fourth-order valence-electron chi connectivity index (χ4n) is 2.26. The van der Waals surface area contributed by atoms with Crippen molar-refractivity contribution in [1.82, 2.24) is 10.2 Å². The van der Waals surface area contributed by atoms with Crippen LogP contribution in [0.25, 0.3) is 0 Å². The monoisotopic (exact) mass is 242 g/mol. The van der Waals surface area contributed by atoms with E-state index in [9.17, 15) is 4.79 Å². The summed E-state index contributed by atoms with van der Waals surface area (Å²) in [5.41, 5.74) is 0. The van der Waals surface area contributed by atoms with E-state index in [4.69, 9.17) is 5.11 Å². The maximum Gasteiger partial charge on any atom is 0.220 e. The minimum atomic E-state index is 0.0598. The van der Waals surface area contributed by atoms with E-state index in [0.717, 1.165) is 13.1 Å². The molecule has 1 unspecified atom stereocenters. The molecule has 0 radical (unpaired) electrons. The first-order valence-corrected chi connectivity index (χ1v) is 6.82. The number of likely N-dealkylation sites (tertiary alicyclic amines) is 1. The topological polar surface area (TPSA) is 52.6 Å². The van der Waals surface area contributed by atoms with E-state index in [0.29, 0.717) is 18.8 Å². The Morgan fingerprint density at radius 1 is 1.35 bits per heavy atom. The van der Waals surface area contributed by atoms with Crippen molar-refractivity contribution in [3.8, 4) is 0 Å². The van der Waals surface area contributed by atoms with Crippen LogP contribution in [0.3, 0.4) is 0 Å². The Morgan fingerprint density at radius 2 is 2.06 bits per heavy atom. The van der Waals surface area contributed by atoms with Gasteiger partial charge in [-0.1, -0.05) is 13.3 Å². The van der Waals surface area contributed by atoms with E-state index in [2.05, 4.69) is 17.1 Å². The highest BCUT2D eigenvalue weighted by Crippen LogP contribution is 2.10. The summed E-state index contributed by atoms with van der Waals surface area (Å²) >= 11 is 0. The maximum atomic E-state index is 11.4. The molecular formula is C13H26N2O2. The molecule has 0 aromatic heterocycles. The fourth-order valence-corrected chi connectivity index (χ4v) is 2.26. The first kappa shape index (κ1) is 14.5. The third-order valence-corrected chi connectivity index (χ3v) is 3.23. The first-order valence-electron chi connectivity index (χ1n) is 6.82. The lowest BCUT2D eigenvalue weighted by molar-refractivity contribution is -0.121. The van der Waals surface area contributed by atoms with E-state index in [1.54, 1.807) is 0 Å². The van der Waals surface area contributed by atoms with Gasteiger partial charge in [0.25, 0.3) is 0 Å². The molecule has 1 rings (SSSR count). The molecule has 1 heterocycles. The van der Waals surface area contributed by atoms with Gasteiger partial charge in [0.05, 0.1) is 0 Å². The maximum absolute atomic E-state index is 11.4. The lowest BCUT2D eigenvalue weighted by Crippen LogP contribution is -2.38. The Hall–Kier alpha value is -0.610. The Labute approximate surface area is 104 Å². The molecule has 0 bridgehead atoms. The number of hydrogen-bond donors (Lipinski definition) is 2. The number of rotatable bonds is 7. The molecule has 2 N–H and O–H groups in total. The van der Waals surface area contributed by atoms with Gasteiger partial charge in [-0.15, -0.1) is 0 Å². The van der Waals surface area contributed by atoms with Crippen LogP contribution >= 0.6 is 0 Å². The van der Waals surface area contributed by atoms with Gasteiger partial charge < -0.3 is 15.3 Å². The van der Waals surface area contributed by atoms with Crippen molar-refractivity contribution < 1.29 is 9.90 Å². The third-order valence-electron chi connectivity index (χ3n) is 3.23.